The number of anilines is 1. The summed E-state index contributed by atoms with van der Waals surface area (Å²) < 4.78 is 5.75. The number of carbonyl (C=O) groups is 1. The molecular weight excluding hydrogens is 358 g/mol. The normalized spacial score (nSPS) is 10.6. The zero-order valence-electron chi connectivity index (χ0n) is 15.8. The van der Waals surface area contributed by atoms with Crippen LogP contribution in [0.2, 0.25) is 0 Å². The average molecular weight is 382 g/mol. The summed E-state index contributed by atoms with van der Waals surface area (Å²) in [6.45, 7) is 6.66. The Bertz CT molecular complexity index is 919. The summed E-state index contributed by atoms with van der Waals surface area (Å²) in [6.07, 6.45) is 1.66. The van der Waals surface area contributed by atoms with Crippen molar-refractivity contribution >= 4 is 22.4 Å². The first-order valence-electron chi connectivity index (χ1n) is 8.98. The van der Waals surface area contributed by atoms with Gasteiger partial charge in [0, 0.05) is 12.0 Å². The van der Waals surface area contributed by atoms with Gasteiger partial charge in [-0.2, -0.15) is 0 Å². The molecule has 0 fully saturated rings. The van der Waals surface area contributed by atoms with Crippen molar-refractivity contribution in [3.8, 4) is 5.75 Å². The van der Waals surface area contributed by atoms with E-state index < -0.39 is 0 Å². The van der Waals surface area contributed by atoms with Crippen LogP contribution >= 0.6 is 11.3 Å². The van der Waals surface area contributed by atoms with Crippen molar-refractivity contribution in [2.24, 2.45) is 0 Å². The van der Waals surface area contributed by atoms with Crippen molar-refractivity contribution in [3.05, 3.63) is 69.7 Å². The van der Waals surface area contributed by atoms with E-state index in [0.717, 1.165) is 28.3 Å². The third kappa shape index (κ3) is 5.14. The minimum atomic E-state index is -0.173. The number of hydrogen-bond acceptors (Lipinski definition) is 5. The molecule has 0 aliphatic heterocycles. The molecule has 1 amide bonds. The van der Waals surface area contributed by atoms with Gasteiger partial charge in [0.15, 0.2) is 0 Å². The molecule has 3 rings (SSSR count). The van der Waals surface area contributed by atoms with Crippen LogP contribution in [0.1, 0.15) is 39.0 Å². The Morgan fingerprint density at radius 2 is 1.85 bits per heavy atom. The van der Waals surface area contributed by atoms with Crippen molar-refractivity contribution < 1.29 is 9.53 Å². The number of ether oxygens (including phenoxy) is 1. The second-order valence-electron chi connectivity index (χ2n) is 6.35. The molecule has 1 aromatic heterocycles. The number of nitrogens with one attached hydrogen (secondary N) is 1. The summed E-state index contributed by atoms with van der Waals surface area (Å²) in [5.41, 5.74) is 4.16. The lowest BCUT2D eigenvalue weighted by molar-refractivity contribution is 0.102. The number of hydrogen-bond donors (Lipinski definition) is 1. The first-order chi connectivity index (χ1) is 13.0. The molecule has 2 aromatic carbocycles. The molecule has 5 nitrogen and oxygen atoms in total. The first-order valence-corrected chi connectivity index (χ1v) is 9.79. The quantitative estimate of drug-likeness (QED) is 0.650. The highest BCUT2D eigenvalue weighted by Gasteiger charge is 2.11. The van der Waals surface area contributed by atoms with E-state index in [2.05, 4.69) is 34.6 Å². The van der Waals surface area contributed by atoms with Gasteiger partial charge in [0.05, 0.1) is 6.61 Å². The summed E-state index contributed by atoms with van der Waals surface area (Å²) in [5, 5.41) is 12.3. The fourth-order valence-electron chi connectivity index (χ4n) is 2.53. The van der Waals surface area contributed by atoms with Crippen LogP contribution in [0.5, 0.6) is 5.75 Å². The zero-order valence-corrected chi connectivity index (χ0v) is 16.6. The Kier molecular flexibility index (Phi) is 6.19. The van der Waals surface area contributed by atoms with E-state index in [1.807, 2.05) is 44.2 Å². The number of nitrogens with zero attached hydrogens (tertiary/aromatic N) is 2. The molecule has 0 atom stereocenters. The van der Waals surface area contributed by atoms with E-state index in [0.29, 0.717) is 23.7 Å². The monoisotopic (exact) mass is 381 g/mol. The van der Waals surface area contributed by atoms with Gasteiger partial charge < -0.3 is 4.74 Å². The number of benzene rings is 2. The molecule has 0 spiro atoms. The Balaban J connectivity index is 1.51. The lowest BCUT2D eigenvalue weighted by Gasteiger charge is -2.05. The van der Waals surface area contributed by atoms with Crippen LogP contribution < -0.4 is 10.1 Å². The molecular formula is C21H23N3O2S. The Morgan fingerprint density at radius 1 is 1.07 bits per heavy atom. The van der Waals surface area contributed by atoms with E-state index in [-0.39, 0.29) is 5.91 Å². The molecule has 0 aliphatic rings. The number of aromatic nitrogens is 2. The zero-order chi connectivity index (χ0) is 19.2. The van der Waals surface area contributed by atoms with Gasteiger partial charge in [0.25, 0.3) is 5.91 Å². The summed E-state index contributed by atoms with van der Waals surface area (Å²) >= 11 is 1.37. The fraction of sp³-hybridized carbons (Fsp3) is 0.286. The molecule has 0 unspecified atom stereocenters. The van der Waals surface area contributed by atoms with Gasteiger partial charge in [0.2, 0.25) is 5.13 Å². The van der Waals surface area contributed by atoms with Gasteiger partial charge in [-0.3, -0.25) is 10.1 Å². The third-order valence-electron chi connectivity index (χ3n) is 4.37. The van der Waals surface area contributed by atoms with Gasteiger partial charge in [-0.15, -0.1) is 10.2 Å². The minimum absolute atomic E-state index is 0.173. The average Bonchev–Trinajstić information content (AvgIpc) is 3.11. The Morgan fingerprint density at radius 3 is 2.56 bits per heavy atom. The highest BCUT2D eigenvalue weighted by molar-refractivity contribution is 7.15. The summed E-state index contributed by atoms with van der Waals surface area (Å²) in [7, 11) is 0. The van der Waals surface area contributed by atoms with Gasteiger partial charge in [-0.25, -0.2) is 0 Å². The van der Waals surface area contributed by atoms with Gasteiger partial charge in [-0.1, -0.05) is 36.5 Å². The van der Waals surface area contributed by atoms with Crippen LogP contribution in [0, 0.1) is 13.8 Å². The molecule has 0 saturated carbocycles. The molecule has 27 heavy (non-hydrogen) atoms. The maximum atomic E-state index is 12.3. The van der Waals surface area contributed by atoms with E-state index in [1.54, 1.807) is 0 Å². The van der Waals surface area contributed by atoms with Crippen LogP contribution in [0.15, 0.2) is 42.5 Å². The molecule has 0 saturated heterocycles. The highest BCUT2D eigenvalue weighted by atomic mass is 32.1. The van der Waals surface area contributed by atoms with Crippen molar-refractivity contribution in [2.45, 2.75) is 33.6 Å². The highest BCUT2D eigenvalue weighted by Crippen LogP contribution is 2.19. The standard InChI is InChI=1S/C21H23N3O2S/c1-4-16-6-9-18(10-7-16)26-12-11-19-23-24-21(27-19)22-20(25)17-8-5-14(2)15(3)13-17/h5-10,13H,4,11-12H2,1-3H3,(H,22,24,25). The number of amides is 1. The first kappa shape index (κ1) is 19.0. The van der Waals surface area contributed by atoms with E-state index in [4.69, 9.17) is 4.74 Å². The largest absolute Gasteiger partial charge is 0.493 e. The second kappa shape index (κ2) is 8.77. The lowest BCUT2D eigenvalue weighted by Crippen LogP contribution is -2.12. The molecule has 140 valence electrons. The predicted molar refractivity (Wildman–Crippen MR) is 109 cm³/mol. The lowest BCUT2D eigenvalue weighted by atomic mass is 10.1. The van der Waals surface area contributed by atoms with Gasteiger partial charge >= 0.3 is 0 Å². The topological polar surface area (TPSA) is 64.1 Å². The van der Waals surface area contributed by atoms with Crippen LogP contribution in [0.25, 0.3) is 0 Å². The molecule has 3 aromatic rings. The Labute approximate surface area is 163 Å². The van der Waals surface area contributed by atoms with Gasteiger partial charge in [0.1, 0.15) is 10.8 Å². The van der Waals surface area contributed by atoms with E-state index >= 15 is 0 Å². The van der Waals surface area contributed by atoms with Crippen LogP contribution in [0.3, 0.4) is 0 Å². The van der Waals surface area contributed by atoms with E-state index in [1.165, 1.54) is 16.9 Å². The van der Waals surface area contributed by atoms with Crippen LogP contribution in [0.4, 0.5) is 5.13 Å². The summed E-state index contributed by atoms with van der Waals surface area (Å²) in [5.74, 6) is 0.674. The summed E-state index contributed by atoms with van der Waals surface area (Å²) in [6, 6.07) is 13.7. The molecule has 0 radical (unpaired) electrons. The van der Waals surface area contributed by atoms with Crippen LogP contribution in [-0.4, -0.2) is 22.7 Å². The maximum Gasteiger partial charge on any atom is 0.257 e. The predicted octanol–water partition coefficient (Wildman–Crippen LogP) is 4.59. The van der Waals surface area contributed by atoms with E-state index in [9.17, 15) is 4.79 Å². The van der Waals surface area contributed by atoms with Crippen molar-refractivity contribution in [1.29, 1.82) is 0 Å². The molecule has 1 heterocycles. The maximum absolute atomic E-state index is 12.3. The Hall–Kier alpha value is -2.73. The third-order valence-corrected chi connectivity index (χ3v) is 5.27. The van der Waals surface area contributed by atoms with Crippen LogP contribution in [-0.2, 0) is 12.8 Å². The number of aryl methyl sites for hydroxylation is 3. The second-order valence-corrected chi connectivity index (χ2v) is 7.41. The molecule has 1 N–H and O–H groups in total. The summed E-state index contributed by atoms with van der Waals surface area (Å²) in [4.78, 5) is 12.3. The van der Waals surface area contributed by atoms with Crippen molar-refractivity contribution in [3.63, 3.8) is 0 Å². The molecule has 6 heteroatoms. The molecule has 0 aliphatic carbocycles. The fourth-order valence-corrected chi connectivity index (χ4v) is 3.25. The SMILES string of the molecule is CCc1ccc(OCCc2nnc(NC(=O)c3ccc(C)c(C)c3)s2)cc1. The number of carbonyl (C=O) groups excluding carboxylic acids is 1. The number of rotatable bonds is 7. The van der Waals surface area contributed by atoms with Gasteiger partial charge in [-0.05, 0) is 61.2 Å². The minimum Gasteiger partial charge on any atom is -0.493 e. The molecule has 0 bridgehead atoms. The van der Waals surface area contributed by atoms with Crippen molar-refractivity contribution in [2.75, 3.05) is 11.9 Å². The smallest absolute Gasteiger partial charge is 0.257 e. The van der Waals surface area contributed by atoms with Crippen molar-refractivity contribution in [1.82, 2.24) is 10.2 Å².